The van der Waals surface area contributed by atoms with Crippen LogP contribution in [0.2, 0.25) is 5.02 Å². The molecule has 2 heterocycles. The number of ether oxygens (including phenoxy) is 1. The standard InChI is InChI=1S/C32H34ClN5O3/c1-20(2)36-15-17-37(18-16-36)38-30(35-28-14-8-13-27(33)29(28)31(38)39)21(3)34-32(40)41-19-26-24-11-6-4-9-22(24)23-10-5-7-12-25(23)26/h4-14,20-21,26H,15-19H2,1-3H3,(H,34,40)/t21-/m0/s1. The van der Waals surface area contributed by atoms with Crippen LogP contribution in [0.25, 0.3) is 22.0 Å². The minimum absolute atomic E-state index is 0.0418. The molecule has 0 bridgehead atoms. The van der Waals surface area contributed by atoms with Crippen molar-refractivity contribution < 1.29 is 9.53 Å². The molecular formula is C32H34ClN5O3. The number of halogens is 1. The van der Waals surface area contributed by atoms with Crippen LogP contribution in [0.4, 0.5) is 4.79 Å². The molecule has 0 radical (unpaired) electrons. The fourth-order valence-electron chi connectivity index (χ4n) is 6.06. The lowest BCUT2D eigenvalue weighted by Gasteiger charge is -2.39. The van der Waals surface area contributed by atoms with Crippen molar-refractivity contribution in [3.05, 3.63) is 99.1 Å². The maximum absolute atomic E-state index is 13.8. The van der Waals surface area contributed by atoms with Crippen molar-refractivity contribution in [1.82, 2.24) is 19.9 Å². The normalized spacial score (nSPS) is 16.1. The van der Waals surface area contributed by atoms with Gasteiger partial charge in [0, 0.05) is 38.1 Å². The Labute approximate surface area is 244 Å². The molecular weight excluding hydrogens is 538 g/mol. The molecule has 6 rings (SSSR count). The molecule has 1 aliphatic carbocycles. The summed E-state index contributed by atoms with van der Waals surface area (Å²) in [5.74, 6) is 0.399. The first-order valence-electron chi connectivity index (χ1n) is 14.2. The molecule has 8 nitrogen and oxygen atoms in total. The van der Waals surface area contributed by atoms with Crippen LogP contribution in [0.5, 0.6) is 0 Å². The van der Waals surface area contributed by atoms with Crippen LogP contribution in [0.3, 0.4) is 0 Å². The fraction of sp³-hybridized carbons (Fsp3) is 0.344. The summed E-state index contributed by atoms with van der Waals surface area (Å²) in [6.07, 6.45) is -0.559. The SMILES string of the molecule is CC(C)N1CCN(n2c([C@H](C)NC(=O)OCC3c4ccccc4-c4ccccc43)nc3cccc(Cl)c3c2=O)CC1. The molecule has 1 aromatic heterocycles. The van der Waals surface area contributed by atoms with Crippen molar-refractivity contribution >= 4 is 28.6 Å². The van der Waals surface area contributed by atoms with Gasteiger partial charge in [0.1, 0.15) is 6.61 Å². The molecule has 2 aliphatic rings. The molecule has 1 saturated heterocycles. The highest BCUT2D eigenvalue weighted by Crippen LogP contribution is 2.44. The Morgan fingerprint density at radius 1 is 0.951 bits per heavy atom. The average molecular weight is 572 g/mol. The zero-order valence-electron chi connectivity index (χ0n) is 23.5. The first kappa shape index (κ1) is 27.3. The van der Waals surface area contributed by atoms with Gasteiger partial charge in [-0.05, 0) is 55.2 Å². The average Bonchev–Trinajstić information content (AvgIpc) is 3.29. The maximum atomic E-state index is 13.8. The molecule has 41 heavy (non-hydrogen) atoms. The Morgan fingerprint density at radius 2 is 1.59 bits per heavy atom. The Hall–Kier alpha value is -3.88. The fourth-order valence-corrected chi connectivity index (χ4v) is 6.31. The van der Waals surface area contributed by atoms with Crippen LogP contribution >= 0.6 is 11.6 Å². The number of benzene rings is 3. The van der Waals surface area contributed by atoms with E-state index in [1.807, 2.05) is 36.2 Å². The summed E-state index contributed by atoms with van der Waals surface area (Å²) < 4.78 is 7.39. The topological polar surface area (TPSA) is 79.7 Å². The molecule has 4 aromatic rings. The number of alkyl carbamates (subject to hydrolysis) is 1. The van der Waals surface area contributed by atoms with Gasteiger partial charge in [-0.15, -0.1) is 0 Å². The summed E-state index contributed by atoms with van der Waals surface area (Å²) in [6, 6.07) is 21.5. The molecule has 0 spiro atoms. The minimum atomic E-state index is -0.593. The number of fused-ring (bicyclic) bond motifs is 4. The van der Waals surface area contributed by atoms with Crippen LogP contribution in [0.1, 0.15) is 49.7 Å². The summed E-state index contributed by atoms with van der Waals surface area (Å²) in [4.78, 5) is 34.2. The lowest BCUT2D eigenvalue weighted by molar-refractivity contribution is 0.139. The van der Waals surface area contributed by atoms with E-state index in [-0.39, 0.29) is 18.1 Å². The van der Waals surface area contributed by atoms with Crippen LogP contribution in [0.15, 0.2) is 71.5 Å². The quantitative estimate of drug-likeness (QED) is 0.338. The third kappa shape index (κ3) is 5.06. The van der Waals surface area contributed by atoms with Gasteiger partial charge in [-0.1, -0.05) is 66.2 Å². The Kier molecular flexibility index (Phi) is 7.45. The van der Waals surface area contributed by atoms with E-state index in [0.29, 0.717) is 40.9 Å². The molecule has 1 N–H and O–H groups in total. The van der Waals surface area contributed by atoms with Gasteiger partial charge in [-0.25, -0.2) is 14.5 Å². The second-order valence-corrected chi connectivity index (χ2v) is 11.4. The number of piperazine rings is 1. The minimum Gasteiger partial charge on any atom is -0.449 e. The van der Waals surface area contributed by atoms with E-state index in [9.17, 15) is 9.59 Å². The van der Waals surface area contributed by atoms with Crippen LogP contribution < -0.4 is 15.9 Å². The van der Waals surface area contributed by atoms with E-state index in [1.165, 1.54) is 11.1 Å². The number of nitrogens with one attached hydrogen (secondary N) is 1. The number of carbonyl (C=O) groups excluding carboxylic acids is 1. The van der Waals surface area contributed by atoms with Gasteiger partial charge in [0.05, 0.1) is 22.0 Å². The van der Waals surface area contributed by atoms with Crippen molar-refractivity contribution in [3.8, 4) is 11.1 Å². The van der Waals surface area contributed by atoms with Gasteiger partial charge in [0.25, 0.3) is 5.56 Å². The number of nitrogens with zero attached hydrogens (tertiary/aromatic N) is 4. The van der Waals surface area contributed by atoms with Gasteiger partial charge in [0.2, 0.25) is 0 Å². The number of hydrogen-bond acceptors (Lipinski definition) is 6. The molecule has 212 valence electrons. The van der Waals surface area contributed by atoms with Gasteiger partial charge in [-0.3, -0.25) is 9.69 Å². The molecule has 3 aromatic carbocycles. The van der Waals surface area contributed by atoms with Gasteiger partial charge in [0.15, 0.2) is 5.82 Å². The van der Waals surface area contributed by atoms with Crippen molar-refractivity contribution in [1.29, 1.82) is 0 Å². The summed E-state index contributed by atoms with van der Waals surface area (Å²) in [7, 11) is 0. The number of aromatic nitrogens is 2. The predicted molar refractivity (Wildman–Crippen MR) is 162 cm³/mol. The second-order valence-electron chi connectivity index (χ2n) is 11.0. The Morgan fingerprint density at radius 3 is 2.22 bits per heavy atom. The van der Waals surface area contributed by atoms with Crippen LogP contribution in [0, 0.1) is 0 Å². The van der Waals surface area contributed by atoms with E-state index in [0.717, 1.165) is 24.2 Å². The lowest BCUT2D eigenvalue weighted by atomic mass is 9.98. The summed E-state index contributed by atoms with van der Waals surface area (Å²) >= 11 is 6.46. The third-order valence-electron chi connectivity index (χ3n) is 8.22. The Bertz CT molecular complexity index is 1620. The highest BCUT2D eigenvalue weighted by Gasteiger charge is 2.30. The van der Waals surface area contributed by atoms with Crippen molar-refractivity contribution in [2.75, 3.05) is 37.8 Å². The zero-order chi connectivity index (χ0) is 28.7. The smallest absolute Gasteiger partial charge is 0.407 e. The maximum Gasteiger partial charge on any atom is 0.407 e. The predicted octanol–water partition coefficient (Wildman–Crippen LogP) is 5.31. The molecule has 1 amide bonds. The van der Waals surface area contributed by atoms with E-state index in [4.69, 9.17) is 21.3 Å². The van der Waals surface area contributed by atoms with E-state index >= 15 is 0 Å². The van der Waals surface area contributed by atoms with Gasteiger partial charge in [-0.2, -0.15) is 0 Å². The molecule has 1 fully saturated rings. The number of rotatable bonds is 6. The highest BCUT2D eigenvalue weighted by molar-refractivity contribution is 6.35. The molecule has 9 heteroatoms. The zero-order valence-corrected chi connectivity index (χ0v) is 24.3. The van der Waals surface area contributed by atoms with Crippen molar-refractivity contribution in [2.24, 2.45) is 0 Å². The number of hydrogen-bond donors (Lipinski definition) is 1. The van der Waals surface area contributed by atoms with Crippen molar-refractivity contribution in [3.63, 3.8) is 0 Å². The number of amides is 1. The Balaban J connectivity index is 1.24. The van der Waals surface area contributed by atoms with Crippen LogP contribution in [-0.2, 0) is 4.74 Å². The first-order chi connectivity index (χ1) is 19.8. The summed E-state index contributed by atoms with van der Waals surface area (Å²) in [5, 5.41) is 5.66. The van der Waals surface area contributed by atoms with E-state index in [1.54, 1.807) is 22.9 Å². The van der Waals surface area contributed by atoms with Gasteiger partial charge < -0.3 is 15.1 Å². The lowest BCUT2D eigenvalue weighted by Crippen LogP contribution is -2.56. The molecule has 1 atom stereocenters. The molecule has 1 aliphatic heterocycles. The first-order valence-corrected chi connectivity index (χ1v) is 14.5. The van der Waals surface area contributed by atoms with Gasteiger partial charge >= 0.3 is 6.09 Å². The summed E-state index contributed by atoms with van der Waals surface area (Å²) in [5.41, 5.74) is 4.90. The second kappa shape index (κ2) is 11.2. The number of carbonyl (C=O) groups is 1. The largest absolute Gasteiger partial charge is 0.449 e. The molecule has 0 saturated carbocycles. The van der Waals surface area contributed by atoms with Crippen molar-refractivity contribution in [2.45, 2.75) is 38.8 Å². The summed E-state index contributed by atoms with van der Waals surface area (Å²) in [6.45, 7) is 9.31. The monoisotopic (exact) mass is 571 g/mol. The highest BCUT2D eigenvalue weighted by atomic mass is 35.5. The molecule has 0 unspecified atom stereocenters. The van der Waals surface area contributed by atoms with E-state index in [2.05, 4.69) is 48.3 Å². The third-order valence-corrected chi connectivity index (χ3v) is 8.53. The van der Waals surface area contributed by atoms with Crippen LogP contribution in [-0.4, -0.2) is 59.5 Å². The van der Waals surface area contributed by atoms with E-state index < -0.39 is 12.1 Å².